The van der Waals surface area contributed by atoms with Gasteiger partial charge >= 0.3 is 0 Å². The van der Waals surface area contributed by atoms with Crippen LogP contribution in [0.25, 0.3) is 0 Å². The second-order valence-electron chi connectivity index (χ2n) is 8.68. The molecule has 25 heavy (non-hydrogen) atoms. The highest BCUT2D eigenvalue weighted by molar-refractivity contribution is 5.89. The highest BCUT2D eigenvalue weighted by Crippen LogP contribution is 2.63. The maximum absolute atomic E-state index is 14.5. The zero-order valence-electron chi connectivity index (χ0n) is 14.1. The Morgan fingerprint density at radius 2 is 2.16 bits per heavy atom. The molecule has 0 unspecified atom stereocenters. The molecule has 3 aliphatic carbocycles. The van der Waals surface area contributed by atoms with Crippen molar-refractivity contribution >= 4 is 5.78 Å². The van der Waals surface area contributed by atoms with Crippen molar-refractivity contribution in [1.82, 2.24) is 4.90 Å². The predicted molar refractivity (Wildman–Crippen MR) is 88.1 cm³/mol. The van der Waals surface area contributed by atoms with Crippen molar-refractivity contribution in [2.45, 2.75) is 61.7 Å². The summed E-state index contributed by atoms with van der Waals surface area (Å²) in [6.45, 7) is 1.89. The van der Waals surface area contributed by atoms with Gasteiger partial charge in [-0.2, -0.15) is 0 Å². The topological polar surface area (TPSA) is 49.8 Å². The summed E-state index contributed by atoms with van der Waals surface area (Å²) in [5, 5.41) is 11.9. The molecule has 1 aromatic carbocycles. The van der Waals surface area contributed by atoms with Gasteiger partial charge in [0.1, 0.15) is 0 Å². The zero-order valence-corrected chi connectivity index (χ0v) is 14.1. The number of halogens is 1. The van der Waals surface area contributed by atoms with Crippen LogP contribution in [0.15, 0.2) is 12.1 Å². The number of hydrogen-bond donors (Lipinski definition) is 1. The van der Waals surface area contributed by atoms with Gasteiger partial charge in [0.05, 0.1) is 11.0 Å². The van der Waals surface area contributed by atoms with Crippen LogP contribution in [0.2, 0.25) is 0 Å². The van der Waals surface area contributed by atoms with Gasteiger partial charge < -0.3 is 9.84 Å². The van der Waals surface area contributed by atoms with Crippen molar-refractivity contribution in [3.63, 3.8) is 0 Å². The molecule has 2 saturated carbocycles. The molecule has 6 rings (SSSR count). The molecular formula is C20H22FNO3. The summed E-state index contributed by atoms with van der Waals surface area (Å²) in [4.78, 5) is 15.1. The van der Waals surface area contributed by atoms with E-state index < -0.39 is 22.9 Å². The molecule has 2 aliphatic heterocycles. The number of aliphatic hydroxyl groups is 1. The molecule has 1 aromatic rings. The number of carbonyl (C=O) groups excluding carboxylic acids is 1. The number of piperidine rings is 1. The molecular weight excluding hydrogens is 321 g/mol. The molecule has 0 amide bonds. The number of hydrogen-bond acceptors (Lipinski definition) is 4. The van der Waals surface area contributed by atoms with Gasteiger partial charge in [0.2, 0.25) is 0 Å². The van der Waals surface area contributed by atoms with E-state index in [9.17, 15) is 14.3 Å². The maximum atomic E-state index is 14.5. The van der Waals surface area contributed by atoms with E-state index in [4.69, 9.17) is 4.74 Å². The highest BCUT2D eigenvalue weighted by Gasteiger charge is 2.73. The van der Waals surface area contributed by atoms with Crippen LogP contribution in [0, 0.1) is 11.7 Å². The van der Waals surface area contributed by atoms with Crippen LogP contribution >= 0.6 is 0 Å². The number of benzene rings is 1. The minimum atomic E-state index is -0.995. The summed E-state index contributed by atoms with van der Waals surface area (Å²) in [5.41, 5.74) is 0.113. The number of ketones is 1. The Morgan fingerprint density at radius 1 is 1.32 bits per heavy atom. The Kier molecular flexibility index (Phi) is 2.61. The first-order valence-corrected chi connectivity index (χ1v) is 9.52. The van der Waals surface area contributed by atoms with Crippen LogP contribution in [-0.2, 0) is 16.6 Å². The third kappa shape index (κ3) is 1.58. The van der Waals surface area contributed by atoms with Crippen LogP contribution in [0.3, 0.4) is 0 Å². The third-order valence-corrected chi connectivity index (χ3v) is 7.53. The average Bonchev–Trinajstić information content (AvgIpc) is 3.32. The molecule has 1 spiro atoms. The first-order valence-electron chi connectivity index (χ1n) is 9.52. The molecule has 3 fully saturated rings. The minimum Gasteiger partial charge on any atom is -0.478 e. The van der Waals surface area contributed by atoms with Crippen LogP contribution in [0.5, 0.6) is 5.75 Å². The van der Waals surface area contributed by atoms with Gasteiger partial charge in [-0.15, -0.1) is 0 Å². The van der Waals surface area contributed by atoms with Crippen molar-refractivity contribution in [2.75, 3.05) is 13.1 Å². The molecule has 132 valence electrons. The lowest BCUT2D eigenvalue weighted by Gasteiger charge is -2.62. The van der Waals surface area contributed by atoms with Crippen molar-refractivity contribution in [2.24, 2.45) is 5.92 Å². The SMILES string of the molecule is O=C1CC[C@@]2(O)[C@H]3Cc4ccc(F)c5c4[C@@]2(CCN3CC2CC2)[C@H]1O5. The second kappa shape index (κ2) is 4.44. The fourth-order valence-corrected chi connectivity index (χ4v) is 6.25. The van der Waals surface area contributed by atoms with Gasteiger partial charge in [0.25, 0.3) is 0 Å². The molecule has 1 N–H and O–H groups in total. The Labute approximate surface area is 146 Å². The predicted octanol–water partition coefficient (Wildman–Crippen LogP) is 1.96. The summed E-state index contributed by atoms with van der Waals surface area (Å²) in [5.74, 6) is 0.591. The Morgan fingerprint density at radius 3 is 2.96 bits per heavy atom. The van der Waals surface area contributed by atoms with E-state index in [1.165, 1.54) is 18.9 Å². The van der Waals surface area contributed by atoms with Gasteiger partial charge in [0.15, 0.2) is 23.5 Å². The molecule has 5 heteroatoms. The Balaban J connectivity index is 1.58. The molecule has 1 saturated heterocycles. The minimum absolute atomic E-state index is 0.00459. The van der Waals surface area contributed by atoms with E-state index in [1.54, 1.807) is 0 Å². The summed E-state index contributed by atoms with van der Waals surface area (Å²) >= 11 is 0. The standard InChI is InChI=1S/C20H22FNO3/c21-13-4-3-12-9-15-20(24)6-5-14(23)18-19(20,16(12)17(13)25-18)7-8-22(15)10-11-1-2-11/h3-4,11,15,18,24H,1-2,5-10H2/t15-,18+,19+,20-/m1/s1. The van der Waals surface area contributed by atoms with Crippen LogP contribution in [-0.4, -0.2) is 46.6 Å². The molecule has 0 aromatic heterocycles. The first-order chi connectivity index (χ1) is 12.0. The largest absolute Gasteiger partial charge is 0.478 e. The number of rotatable bonds is 2. The number of Topliss-reactive ketones (excluding diaryl/α,β-unsaturated/α-hetero) is 1. The average molecular weight is 343 g/mol. The normalized spacial score (nSPS) is 41.4. The zero-order chi connectivity index (χ0) is 17.0. The lowest BCUT2D eigenvalue weighted by molar-refractivity contribution is -0.188. The maximum Gasteiger partial charge on any atom is 0.174 e. The summed E-state index contributed by atoms with van der Waals surface area (Å²) in [6.07, 6.45) is 4.02. The molecule has 0 radical (unpaired) electrons. The van der Waals surface area contributed by atoms with Crippen LogP contribution in [0.1, 0.15) is 43.2 Å². The molecule has 2 bridgehead atoms. The Bertz CT molecular complexity index is 806. The van der Waals surface area contributed by atoms with E-state index in [0.29, 0.717) is 19.3 Å². The van der Waals surface area contributed by atoms with Gasteiger partial charge in [-0.05, 0) is 56.2 Å². The van der Waals surface area contributed by atoms with E-state index in [1.807, 2.05) is 6.07 Å². The number of likely N-dealkylation sites (tertiary alicyclic amines) is 1. The van der Waals surface area contributed by atoms with Gasteiger partial charge in [0, 0.05) is 24.6 Å². The van der Waals surface area contributed by atoms with Crippen molar-refractivity contribution in [1.29, 1.82) is 0 Å². The highest BCUT2D eigenvalue weighted by atomic mass is 19.1. The van der Waals surface area contributed by atoms with Crippen LogP contribution < -0.4 is 4.74 Å². The molecule has 4 nitrogen and oxygen atoms in total. The van der Waals surface area contributed by atoms with Crippen molar-refractivity contribution < 1.29 is 19.0 Å². The number of nitrogens with zero attached hydrogens (tertiary/aromatic N) is 1. The van der Waals surface area contributed by atoms with Crippen LogP contribution in [0.4, 0.5) is 4.39 Å². The summed E-state index contributed by atoms with van der Waals surface area (Å²) in [7, 11) is 0. The van der Waals surface area contributed by atoms with E-state index in [0.717, 1.165) is 36.6 Å². The summed E-state index contributed by atoms with van der Waals surface area (Å²) in [6, 6.07) is 3.30. The monoisotopic (exact) mass is 343 g/mol. The fraction of sp³-hybridized carbons (Fsp3) is 0.650. The molecule has 5 aliphatic rings. The number of ether oxygens (including phenoxy) is 1. The van der Waals surface area contributed by atoms with E-state index in [2.05, 4.69) is 4.90 Å². The molecule has 2 heterocycles. The van der Waals surface area contributed by atoms with Crippen molar-refractivity contribution in [3.05, 3.63) is 29.1 Å². The van der Waals surface area contributed by atoms with E-state index in [-0.39, 0.29) is 17.6 Å². The molecule has 4 atom stereocenters. The third-order valence-electron chi connectivity index (χ3n) is 7.53. The fourth-order valence-electron chi connectivity index (χ4n) is 6.25. The van der Waals surface area contributed by atoms with Crippen molar-refractivity contribution in [3.8, 4) is 5.75 Å². The summed E-state index contributed by atoms with van der Waals surface area (Å²) < 4.78 is 20.4. The van der Waals surface area contributed by atoms with Gasteiger partial charge in [-0.1, -0.05) is 6.07 Å². The quantitative estimate of drug-likeness (QED) is 0.892. The second-order valence-corrected chi connectivity index (χ2v) is 8.68. The smallest absolute Gasteiger partial charge is 0.174 e. The lowest BCUT2D eigenvalue weighted by Crippen LogP contribution is -2.76. The van der Waals surface area contributed by atoms with Gasteiger partial charge in [-0.25, -0.2) is 4.39 Å². The Hall–Kier alpha value is -1.46. The number of carbonyl (C=O) groups is 1. The lowest BCUT2D eigenvalue weighted by atomic mass is 9.49. The first kappa shape index (κ1) is 14.7. The van der Waals surface area contributed by atoms with E-state index >= 15 is 0 Å². The van der Waals surface area contributed by atoms with Gasteiger partial charge in [-0.3, -0.25) is 9.69 Å².